The first kappa shape index (κ1) is 20.6. The van der Waals surface area contributed by atoms with Gasteiger partial charge in [-0.05, 0) is 30.2 Å². The maximum Gasteiger partial charge on any atom is 0.260 e. The largest absolute Gasteiger partial charge is 0.378 e. The number of primary amides is 1. The molecule has 2 aliphatic rings. The Balaban J connectivity index is 1.40. The molecule has 0 unspecified atom stereocenters. The summed E-state index contributed by atoms with van der Waals surface area (Å²) in [6, 6.07) is 11.8. The number of pyridine rings is 1. The Labute approximate surface area is 189 Å². The maximum atomic E-state index is 13.3. The van der Waals surface area contributed by atoms with Gasteiger partial charge < -0.3 is 20.3 Å². The number of carbonyl (C=O) groups is 2. The Hall–Kier alpha value is -3.30. The highest BCUT2D eigenvalue weighted by Crippen LogP contribution is 2.36. The normalized spacial score (nSPS) is 15.6. The van der Waals surface area contributed by atoms with Crippen LogP contribution in [0.4, 0.5) is 10.8 Å². The molecule has 0 radical (unpaired) electrons. The maximum absolute atomic E-state index is 13.3. The van der Waals surface area contributed by atoms with Gasteiger partial charge in [0.15, 0.2) is 5.13 Å². The fraction of sp³-hybridized carbons (Fsp3) is 0.304. The lowest BCUT2D eigenvalue weighted by atomic mass is 10.0. The SMILES string of the molecule is NC(=O)c1sc(N2CCOCC2)nc1CC(=O)N1CCc2c(-c3ccccn3)cccc21. The number of benzene rings is 1. The van der Waals surface area contributed by atoms with Crippen LogP contribution in [0.15, 0.2) is 42.6 Å². The van der Waals surface area contributed by atoms with E-state index in [1.807, 2.05) is 36.4 Å². The summed E-state index contributed by atoms with van der Waals surface area (Å²) in [4.78, 5) is 38.6. The van der Waals surface area contributed by atoms with E-state index in [4.69, 9.17) is 10.5 Å². The van der Waals surface area contributed by atoms with Crippen molar-refractivity contribution in [3.05, 3.63) is 58.7 Å². The molecule has 32 heavy (non-hydrogen) atoms. The minimum absolute atomic E-state index is 0.0341. The van der Waals surface area contributed by atoms with Crippen molar-refractivity contribution in [3.63, 3.8) is 0 Å². The molecular weight excluding hydrogens is 426 g/mol. The van der Waals surface area contributed by atoms with Gasteiger partial charge in [-0.2, -0.15) is 0 Å². The third-order valence-corrected chi connectivity index (χ3v) is 6.95. The Bertz CT molecular complexity index is 1160. The molecule has 0 atom stereocenters. The predicted molar refractivity (Wildman–Crippen MR) is 123 cm³/mol. The van der Waals surface area contributed by atoms with Crippen LogP contribution in [0.25, 0.3) is 11.3 Å². The third-order valence-electron chi connectivity index (χ3n) is 5.78. The Morgan fingerprint density at radius 2 is 1.94 bits per heavy atom. The van der Waals surface area contributed by atoms with Gasteiger partial charge in [-0.25, -0.2) is 4.98 Å². The minimum atomic E-state index is -0.552. The van der Waals surface area contributed by atoms with Gasteiger partial charge in [0.05, 0.1) is 31.0 Å². The van der Waals surface area contributed by atoms with Crippen molar-refractivity contribution in [1.82, 2.24) is 9.97 Å². The molecule has 8 nitrogen and oxygen atoms in total. The first-order valence-electron chi connectivity index (χ1n) is 10.6. The summed E-state index contributed by atoms with van der Waals surface area (Å²) in [5, 5.41) is 0.712. The quantitative estimate of drug-likeness (QED) is 0.641. The van der Waals surface area contributed by atoms with Crippen molar-refractivity contribution in [1.29, 1.82) is 0 Å². The van der Waals surface area contributed by atoms with E-state index in [0.29, 0.717) is 48.6 Å². The first-order valence-corrected chi connectivity index (χ1v) is 11.4. The van der Waals surface area contributed by atoms with E-state index < -0.39 is 5.91 Å². The van der Waals surface area contributed by atoms with Gasteiger partial charge in [0, 0.05) is 37.1 Å². The molecule has 1 fully saturated rings. The van der Waals surface area contributed by atoms with Gasteiger partial charge in [-0.15, -0.1) is 0 Å². The van der Waals surface area contributed by atoms with Crippen LogP contribution in [0.3, 0.4) is 0 Å². The molecule has 2 aromatic heterocycles. The molecular formula is C23H23N5O3S. The Morgan fingerprint density at radius 3 is 2.69 bits per heavy atom. The molecule has 0 spiro atoms. The van der Waals surface area contributed by atoms with Crippen molar-refractivity contribution in [3.8, 4) is 11.3 Å². The van der Waals surface area contributed by atoms with Gasteiger partial charge in [0.1, 0.15) is 4.88 Å². The Kier molecular flexibility index (Phi) is 5.59. The molecule has 1 aromatic carbocycles. The van der Waals surface area contributed by atoms with E-state index in [0.717, 1.165) is 28.9 Å². The van der Waals surface area contributed by atoms with E-state index in [-0.39, 0.29) is 12.3 Å². The van der Waals surface area contributed by atoms with Crippen molar-refractivity contribution < 1.29 is 14.3 Å². The highest BCUT2D eigenvalue weighted by molar-refractivity contribution is 7.17. The van der Waals surface area contributed by atoms with Crippen molar-refractivity contribution in [2.24, 2.45) is 5.73 Å². The highest BCUT2D eigenvalue weighted by atomic mass is 32.1. The molecule has 3 aromatic rings. The van der Waals surface area contributed by atoms with Crippen LogP contribution in [-0.2, 0) is 22.4 Å². The summed E-state index contributed by atoms with van der Waals surface area (Å²) < 4.78 is 5.39. The van der Waals surface area contributed by atoms with E-state index in [9.17, 15) is 9.59 Å². The number of rotatable bonds is 5. The average molecular weight is 450 g/mol. The van der Waals surface area contributed by atoms with Crippen LogP contribution < -0.4 is 15.5 Å². The smallest absolute Gasteiger partial charge is 0.260 e. The number of hydrogen-bond acceptors (Lipinski definition) is 7. The van der Waals surface area contributed by atoms with Crippen LogP contribution in [-0.4, -0.2) is 54.6 Å². The number of nitrogens with two attached hydrogens (primary N) is 1. The summed E-state index contributed by atoms with van der Waals surface area (Å²) in [5.74, 6) is -0.646. The van der Waals surface area contributed by atoms with Crippen molar-refractivity contribution in [2.45, 2.75) is 12.8 Å². The summed E-state index contributed by atoms with van der Waals surface area (Å²) in [7, 11) is 0. The summed E-state index contributed by atoms with van der Waals surface area (Å²) in [6.07, 6.45) is 2.56. The number of hydrogen-bond donors (Lipinski definition) is 1. The number of anilines is 2. The zero-order valence-corrected chi connectivity index (χ0v) is 18.3. The second-order valence-electron chi connectivity index (χ2n) is 7.73. The lowest BCUT2D eigenvalue weighted by molar-refractivity contribution is -0.117. The fourth-order valence-electron chi connectivity index (χ4n) is 4.24. The summed E-state index contributed by atoms with van der Waals surface area (Å²) >= 11 is 1.25. The first-order chi connectivity index (χ1) is 15.6. The number of nitrogens with zero attached hydrogens (tertiary/aromatic N) is 4. The van der Waals surface area contributed by atoms with Gasteiger partial charge >= 0.3 is 0 Å². The van der Waals surface area contributed by atoms with Gasteiger partial charge in [0.25, 0.3) is 5.91 Å². The van der Waals surface area contributed by atoms with Gasteiger partial charge in [0.2, 0.25) is 5.91 Å². The Morgan fingerprint density at radius 1 is 1.09 bits per heavy atom. The molecule has 1 saturated heterocycles. The molecule has 5 rings (SSSR count). The van der Waals surface area contributed by atoms with Crippen LogP contribution in [0, 0.1) is 0 Å². The standard InChI is InChI=1S/C23H23N5O3S/c24-22(30)21-18(26-23(32-21)27-10-12-31-13-11-27)14-20(29)28-9-7-16-15(4-3-6-19(16)28)17-5-1-2-8-25-17/h1-6,8H,7,9-14H2,(H2,24,30). The molecule has 0 bridgehead atoms. The van der Waals surface area contributed by atoms with Crippen LogP contribution in [0.5, 0.6) is 0 Å². The van der Waals surface area contributed by atoms with Crippen molar-refractivity contribution >= 4 is 34.0 Å². The van der Waals surface area contributed by atoms with Crippen LogP contribution in [0.1, 0.15) is 20.9 Å². The average Bonchev–Trinajstić information content (AvgIpc) is 3.45. The van der Waals surface area contributed by atoms with Crippen LogP contribution in [0.2, 0.25) is 0 Å². The molecule has 164 valence electrons. The summed E-state index contributed by atoms with van der Waals surface area (Å²) in [5.41, 5.74) is 9.99. The number of ether oxygens (including phenoxy) is 1. The monoisotopic (exact) mass is 449 g/mol. The molecule has 2 N–H and O–H groups in total. The molecule has 9 heteroatoms. The summed E-state index contributed by atoms with van der Waals surface area (Å²) in [6.45, 7) is 3.22. The number of thiazole rings is 1. The number of fused-ring (bicyclic) bond motifs is 1. The van der Waals surface area contributed by atoms with Crippen molar-refractivity contribution in [2.75, 3.05) is 42.6 Å². The fourth-order valence-corrected chi connectivity index (χ4v) is 5.22. The topological polar surface area (TPSA) is 102 Å². The molecule has 0 saturated carbocycles. The van der Waals surface area contributed by atoms with E-state index in [1.165, 1.54) is 11.3 Å². The minimum Gasteiger partial charge on any atom is -0.378 e. The highest BCUT2D eigenvalue weighted by Gasteiger charge is 2.29. The van der Waals surface area contributed by atoms with E-state index >= 15 is 0 Å². The number of amides is 2. The number of aromatic nitrogens is 2. The van der Waals surface area contributed by atoms with Gasteiger partial charge in [-0.1, -0.05) is 29.5 Å². The lowest BCUT2D eigenvalue weighted by Crippen LogP contribution is -2.36. The third kappa shape index (κ3) is 3.85. The number of carbonyl (C=O) groups excluding carboxylic acids is 2. The molecule has 2 aliphatic heterocycles. The second kappa shape index (κ2) is 8.68. The van der Waals surface area contributed by atoms with E-state index in [1.54, 1.807) is 11.1 Å². The predicted octanol–water partition coefficient (Wildman–Crippen LogP) is 2.27. The zero-order chi connectivity index (χ0) is 22.1. The van der Waals surface area contributed by atoms with Crippen LogP contribution >= 0.6 is 11.3 Å². The zero-order valence-electron chi connectivity index (χ0n) is 17.5. The molecule has 4 heterocycles. The lowest BCUT2D eigenvalue weighted by Gasteiger charge is -2.26. The molecule has 2 amide bonds. The van der Waals surface area contributed by atoms with E-state index in [2.05, 4.69) is 14.9 Å². The second-order valence-corrected chi connectivity index (χ2v) is 8.70. The number of morpholine rings is 1. The molecule has 0 aliphatic carbocycles. The van der Waals surface area contributed by atoms with Gasteiger partial charge in [-0.3, -0.25) is 14.6 Å².